The van der Waals surface area contributed by atoms with Crippen LogP contribution in [-0.2, 0) is 13.1 Å². The van der Waals surface area contributed by atoms with Crippen molar-refractivity contribution in [3.05, 3.63) is 46.5 Å². The predicted octanol–water partition coefficient (Wildman–Crippen LogP) is 1.77. The molecule has 170 valence electrons. The van der Waals surface area contributed by atoms with Gasteiger partial charge in [-0.15, -0.1) is 0 Å². The molecule has 0 aliphatic heterocycles. The molecule has 0 bridgehead atoms. The summed E-state index contributed by atoms with van der Waals surface area (Å²) in [6.45, 7) is 2.86. The molecular formula is C20H28ClN11. The zero-order valence-corrected chi connectivity index (χ0v) is 19.6. The minimum atomic E-state index is -0.0335. The minimum absolute atomic E-state index is 0.0335. The van der Waals surface area contributed by atoms with E-state index in [2.05, 4.69) is 41.7 Å². The maximum atomic E-state index is 6.08. The smallest absolute Gasteiger partial charge is 0.229 e. The van der Waals surface area contributed by atoms with Crippen LogP contribution in [0.4, 0.5) is 23.8 Å². The van der Waals surface area contributed by atoms with Crippen molar-refractivity contribution in [2.75, 3.05) is 49.5 Å². The standard InChI is InChI=1S/C20H28ClN11/c1-12(13-6-8-14(21)9-7-13)32(10-15-24-17(22)28-19(26-15)30(2)3)11-16-25-18(23)29-20(27-16)31(4)5/h6-9,12H,10-11H2,1-5H3,(H2,22,24,26,28)(H2,23,25,27,29). The van der Waals surface area contributed by atoms with Gasteiger partial charge in [-0.25, -0.2) is 0 Å². The number of aromatic nitrogens is 6. The lowest BCUT2D eigenvalue weighted by Gasteiger charge is -2.28. The lowest BCUT2D eigenvalue weighted by Crippen LogP contribution is -2.29. The maximum Gasteiger partial charge on any atom is 0.229 e. The average Bonchev–Trinajstić information content (AvgIpc) is 2.72. The number of benzene rings is 1. The fraction of sp³-hybridized carbons (Fsp3) is 0.400. The second-order valence-electron chi connectivity index (χ2n) is 7.74. The van der Waals surface area contributed by atoms with Gasteiger partial charge in [0, 0.05) is 39.3 Å². The molecular weight excluding hydrogens is 430 g/mol. The highest BCUT2D eigenvalue weighted by atomic mass is 35.5. The summed E-state index contributed by atoms with van der Waals surface area (Å²) in [6, 6.07) is 7.66. The highest BCUT2D eigenvalue weighted by molar-refractivity contribution is 6.30. The Morgan fingerprint density at radius 2 is 1.19 bits per heavy atom. The van der Waals surface area contributed by atoms with Crippen molar-refractivity contribution in [3.8, 4) is 0 Å². The first kappa shape index (κ1) is 23.4. The van der Waals surface area contributed by atoms with Crippen molar-refractivity contribution >= 4 is 35.4 Å². The molecule has 1 aromatic carbocycles. The van der Waals surface area contributed by atoms with Crippen molar-refractivity contribution in [1.29, 1.82) is 0 Å². The molecule has 0 amide bonds. The molecule has 1 unspecified atom stereocenters. The van der Waals surface area contributed by atoms with Crippen molar-refractivity contribution in [3.63, 3.8) is 0 Å². The first-order valence-electron chi connectivity index (χ1n) is 9.97. The van der Waals surface area contributed by atoms with Crippen LogP contribution in [0, 0.1) is 0 Å². The summed E-state index contributed by atoms with van der Waals surface area (Å²) in [5.74, 6) is 2.39. The minimum Gasteiger partial charge on any atom is -0.368 e. The van der Waals surface area contributed by atoms with Crippen molar-refractivity contribution in [1.82, 2.24) is 34.8 Å². The summed E-state index contributed by atoms with van der Waals surface area (Å²) < 4.78 is 0. The second kappa shape index (κ2) is 9.88. The number of anilines is 4. The third-order valence-corrected chi connectivity index (χ3v) is 5.02. The van der Waals surface area contributed by atoms with Gasteiger partial charge in [0.25, 0.3) is 0 Å². The lowest BCUT2D eigenvalue weighted by atomic mass is 10.1. The zero-order chi connectivity index (χ0) is 23.4. The van der Waals surface area contributed by atoms with Crippen LogP contribution >= 0.6 is 11.6 Å². The van der Waals surface area contributed by atoms with E-state index in [0.29, 0.717) is 41.7 Å². The number of halogens is 1. The van der Waals surface area contributed by atoms with Crippen LogP contribution in [0.25, 0.3) is 0 Å². The topological polar surface area (TPSA) is 139 Å². The zero-order valence-electron chi connectivity index (χ0n) is 18.9. The van der Waals surface area contributed by atoms with Gasteiger partial charge in [-0.1, -0.05) is 23.7 Å². The summed E-state index contributed by atoms with van der Waals surface area (Å²) in [4.78, 5) is 31.8. The van der Waals surface area contributed by atoms with E-state index in [1.54, 1.807) is 9.80 Å². The van der Waals surface area contributed by atoms with Crippen LogP contribution in [0.15, 0.2) is 24.3 Å². The molecule has 2 heterocycles. The van der Waals surface area contributed by atoms with Gasteiger partial charge in [-0.05, 0) is 24.6 Å². The molecule has 4 N–H and O–H groups in total. The molecule has 32 heavy (non-hydrogen) atoms. The van der Waals surface area contributed by atoms with Gasteiger partial charge >= 0.3 is 0 Å². The van der Waals surface area contributed by atoms with E-state index in [0.717, 1.165) is 5.56 Å². The molecule has 1 atom stereocenters. The number of rotatable bonds is 8. The molecule has 3 aromatic rings. The molecule has 0 radical (unpaired) electrons. The van der Waals surface area contributed by atoms with E-state index in [-0.39, 0.29) is 17.9 Å². The SMILES string of the molecule is CC(c1ccc(Cl)cc1)N(Cc1nc(N)nc(N(C)C)n1)Cc1nc(N)nc(N(C)C)n1. The molecule has 12 heteroatoms. The Bertz CT molecular complexity index is 996. The van der Waals surface area contributed by atoms with E-state index in [1.807, 2.05) is 52.5 Å². The highest BCUT2D eigenvalue weighted by Crippen LogP contribution is 2.25. The van der Waals surface area contributed by atoms with Gasteiger partial charge in [0.05, 0.1) is 13.1 Å². The Morgan fingerprint density at radius 1 is 0.750 bits per heavy atom. The molecule has 11 nitrogen and oxygen atoms in total. The summed E-state index contributed by atoms with van der Waals surface area (Å²) >= 11 is 6.08. The van der Waals surface area contributed by atoms with E-state index in [9.17, 15) is 0 Å². The number of nitrogen functional groups attached to an aromatic ring is 2. The first-order chi connectivity index (χ1) is 15.1. The normalized spacial score (nSPS) is 12.1. The number of hydrogen-bond acceptors (Lipinski definition) is 11. The van der Waals surface area contributed by atoms with Gasteiger partial charge < -0.3 is 21.3 Å². The quantitative estimate of drug-likeness (QED) is 0.511. The van der Waals surface area contributed by atoms with Crippen molar-refractivity contribution in [2.45, 2.75) is 26.1 Å². The molecule has 0 saturated carbocycles. The fourth-order valence-corrected chi connectivity index (χ4v) is 3.16. The Hall–Kier alpha value is -3.31. The number of nitrogens with two attached hydrogens (primary N) is 2. The first-order valence-corrected chi connectivity index (χ1v) is 10.3. The van der Waals surface area contributed by atoms with Crippen LogP contribution in [0.3, 0.4) is 0 Å². The predicted molar refractivity (Wildman–Crippen MR) is 126 cm³/mol. The summed E-state index contributed by atoms with van der Waals surface area (Å²) in [5, 5.41) is 0.675. The summed E-state index contributed by atoms with van der Waals surface area (Å²) in [6.07, 6.45) is 0. The van der Waals surface area contributed by atoms with Crippen LogP contribution in [0.5, 0.6) is 0 Å². The molecule has 0 aliphatic carbocycles. The molecule has 0 aliphatic rings. The Morgan fingerprint density at radius 3 is 1.59 bits per heavy atom. The third-order valence-electron chi connectivity index (χ3n) is 4.76. The lowest BCUT2D eigenvalue weighted by molar-refractivity contribution is 0.182. The van der Waals surface area contributed by atoms with E-state index in [1.165, 1.54) is 0 Å². The van der Waals surface area contributed by atoms with Gasteiger partial charge in [0.15, 0.2) is 0 Å². The van der Waals surface area contributed by atoms with Crippen LogP contribution in [0.2, 0.25) is 5.02 Å². The van der Waals surface area contributed by atoms with E-state index < -0.39 is 0 Å². The van der Waals surface area contributed by atoms with Crippen molar-refractivity contribution < 1.29 is 0 Å². The van der Waals surface area contributed by atoms with Gasteiger partial charge in [0.2, 0.25) is 23.8 Å². The largest absolute Gasteiger partial charge is 0.368 e. The summed E-state index contributed by atoms with van der Waals surface area (Å²) in [7, 11) is 7.40. The van der Waals surface area contributed by atoms with Crippen LogP contribution in [0.1, 0.15) is 30.2 Å². The van der Waals surface area contributed by atoms with E-state index in [4.69, 9.17) is 23.1 Å². The Balaban J connectivity index is 1.97. The van der Waals surface area contributed by atoms with E-state index >= 15 is 0 Å². The average molecular weight is 458 g/mol. The Labute approximate surface area is 192 Å². The van der Waals surface area contributed by atoms with Gasteiger partial charge in [-0.2, -0.15) is 29.9 Å². The summed E-state index contributed by atoms with van der Waals surface area (Å²) in [5.41, 5.74) is 12.9. The highest BCUT2D eigenvalue weighted by Gasteiger charge is 2.21. The van der Waals surface area contributed by atoms with Crippen LogP contribution in [-0.4, -0.2) is 63.0 Å². The molecule has 0 spiro atoms. The molecule has 0 fully saturated rings. The van der Waals surface area contributed by atoms with Gasteiger partial charge in [-0.3, -0.25) is 4.90 Å². The van der Waals surface area contributed by atoms with Gasteiger partial charge in [0.1, 0.15) is 11.6 Å². The molecule has 0 saturated heterocycles. The molecule has 3 rings (SSSR count). The maximum absolute atomic E-state index is 6.08. The van der Waals surface area contributed by atoms with Crippen molar-refractivity contribution in [2.24, 2.45) is 0 Å². The third kappa shape index (κ3) is 5.89. The molecule has 2 aromatic heterocycles. The fourth-order valence-electron chi connectivity index (χ4n) is 3.04. The van der Waals surface area contributed by atoms with Crippen LogP contribution < -0.4 is 21.3 Å². The Kier molecular flexibility index (Phi) is 7.21. The number of hydrogen-bond donors (Lipinski definition) is 2. The monoisotopic (exact) mass is 457 g/mol. The second-order valence-corrected chi connectivity index (χ2v) is 8.18. The number of nitrogens with zero attached hydrogens (tertiary/aromatic N) is 9.